The van der Waals surface area contributed by atoms with Crippen LogP contribution < -0.4 is 11.2 Å². The lowest BCUT2D eigenvalue weighted by atomic mass is 10.2. The number of rotatable bonds is 1. The lowest BCUT2D eigenvalue weighted by Gasteiger charge is -2.15. The van der Waals surface area contributed by atoms with Gasteiger partial charge in [-0.25, -0.2) is 0 Å². The van der Waals surface area contributed by atoms with E-state index in [-0.39, 0.29) is 22.9 Å². The molecule has 0 spiro atoms. The zero-order valence-electron chi connectivity index (χ0n) is 9.19. The molecule has 1 amide bonds. The van der Waals surface area contributed by atoms with Crippen LogP contribution in [-0.2, 0) is 0 Å². The number of aromatic nitrogens is 1. The molecule has 3 N–H and O–H groups in total. The van der Waals surface area contributed by atoms with Crippen molar-refractivity contribution in [2.75, 3.05) is 13.1 Å². The van der Waals surface area contributed by atoms with Crippen molar-refractivity contribution in [2.24, 2.45) is 5.73 Å². The molecule has 1 aliphatic rings. The molecule has 0 radical (unpaired) electrons. The normalized spacial score (nSPS) is 20.1. The molecule has 86 valence electrons. The Balaban J connectivity index is 2.24. The second-order valence-electron chi connectivity index (χ2n) is 4.19. The topological polar surface area (TPSA) is 79.2 Å². The molecule has 1 atom stereocenters. The Morgan fingerprint density at radius 3 is 2.94 bits per heavy atom. The fraction of sp³-hybridized carbons (Fsp3) is 0.455. The number of hydrogen-bond acceptors (Lipinski definition) is 3. The summed E-state index contributed by atoms with van der Waals surface area (Å²) in [7, 11) is 0. The van der Waals surface area contributed by atoms with Gasteiger partial charge in [0.15, 0.2) is 5.43 Å². The third-order valence-electron chi connectivity index (χ3n) is 2.80. The number of carbonyl (C=O) groups excluding carboxylic acids is 1. The number of aryl methyl sites for hydroxylation is 1. The first-order valence-electron chi connectivity index (χ1n) is 5.32. The molecule has 2 heterocycles. The van der Waals surface area contributed by atoms with E-state index < -0.39 is 0 Å². The van der Waals surface area contributed by atoms with E-state index in [1.54, 1.807) is 11.8 Å². The molecule has 1 fully saturated rings. The van der Waals surface area contributed by atoms with Crippen LogP contribution in [-0.4, -0.2) is 34.9 Å². The second kappa shape index (κ2) is 4.09. The van der Waals surface area contributed by atoms with Crippen molar-refractivity contribution < 1.29 is 4.79 Å². The van der Waals surface area contributed by atoms with Gasteiger partial charge >= 0.3 is 0 Å². The minimum Gasteiger partial charge on any atom is -0.364 e. The van der Waals surface area contributed by atoms with Crippen molar-refractivity contribution in [1.29, 1.82) is 0 Å². The molecule has 5 heteroatoms. The molecular weight excluding hydrogens is 206 g/mol. The van der Waals surface area contributed by atoms with E-state index in [1.807, 2.05) is 0 Å². The van der Waals surface area contributed by atoms with Crippen molar-refractivity contribution in [3.8, 4) is 0 Å². The van der Waals surface area contributed by atoms with E-state index in [1.165, 1.54) is 12.3 Å². The molecule has 1 aromatic rings. The summed E-state index contributed by atoms with van der Waals surface area (Å²) in [5, 5.41) is 0. The Morgan fingerprint density at radius 2 is 2.38 bits per heavy atom. The Bertz CT molecular complexity index is 467. The zero-order valence-corrected chi connectivity index (χ0v) is 9.19. The van der Waals surface area contributed by atoms with Crippen LogP contribution >= 0.6 is 0 Å². The van der Waals surface area contributed by atoms with Crippen molar-refractivity contribution in [1.82, 2.24) is 9.88 Å². The summed E-state index contributed by atoms with van der Waals surface area (Å²) < 4.78 is 0. The van der Waals surface area contributed by atoms with Crippen molar-refractivity contribution in [3.05, 3.63) is 33.7 Å². The Morgan fingerprint density at radius 1 is 1.62 bits per heavy atom. The number of nitrogens with zero attached hydrogens (tertiary/aromatic N) is 1. The van der Waals surface area contributed by atoms with E-state index in [9.17, 15) is 9.59 Å². The van der Waals surface area contributed by atoms with Crippen molar-refractivity contribution >= 4 is 5.91 Å². The molecule has 1 aliphatic heterocycles. The summed E-state index contributed by atoms with van der Waals surface area (Å²) in [6.45, 7) is 2.95. The largest absolute Gasteiger partial charge is 0.364 e. The monoisotopic (exact) mass is 221 g/mol. The van der Waals surface area contributed by atoms with E-state index in [4.69, 9.17) is 5.73 Å². The highest BCUT2D eigenvalue weighted by atomic mass is 16.2. The highest BCUT2D eigenvalue weighted by molar-refractivity contribution is 5.94. The van der Waals surface area contributed by atoms with Crippen LogP contribution in [0.4, 0.5) is 0 Å². The number of nitrogens with two attached hydrogens (primary N) is 1. The van der Waals surface area contributed by atoms with Crippen molar-refractivity contribution in [3.63, 3.8) is 0 Å². The molecule has 0 unspecified atom stereocenters. The SMILES string of the molecule is Cc1cc(=O)c(C(=O)N2CC[C@@H](N)C2)c[nH]1. The van der Waals surface area contributed by atoms with Crippen LogP contribution in [0, 0.1) is 6.92 Å². The number of hydrogen-bond donors (Lipinski definition) is 2. The lowest BCUT2D eigenvalue weighted by Crippen LogP contribution is -2.34. The molecule has 0 saturated carbocycles. The van der Waals surface area contributed by atoms with Gasteiger partial charge in [-0.05, 0) is 13.3 Å². The standard InChI is InChI=1S/C11H15N3O2/c1-7-4-10(15)9(5-13-7)11(16)14-3-2-8(12)6-14/h4-5,8H,2-3,6,12H2,1H3,(H,13,15)/t8-/m1/s1. The quantitative estimate of drug-likeness (QED) is 0.692. The molecule has 5 nitrogen and oxygen atoms in total. The van der Waals surface area contributed by atoms with Crippen LogP contribution in [0.2, 0.25) is 0 Å². The van der Waals surface area contributed by atoms with Gasteiger partial charge in [0.2, 0.25) is 0 Å². The number of nitrogens with one attached hydrogen (secondary N) is 1. The number of pyridine rings is 1. The van der Waals surface area contributed by atoms with E-state index >= 15 is 0 Å². The summed E-state index contributed by atoms with van der Waals surface area (Å²) >= 11 is 0. The minimum absolute atomic E-state index is 0.0356. The first-order valence-corrected chi connectivity index (χ1v) is 5.32. The maximum absolute atomic E-state index is 12.0. The third kappa shape index (κ3) is 1.99. The minimum atomic E-state index is -0.235. The number of H-pyrrole nitrogens is 1. The molecule has 16 heavy (non-hydrogen) atoms. The van der Waals surface area contributed by atoms with Gasteiger partial charge in [0.1, 0.15) is 5.56 Å². The van der Waals surface area contributed by atoms with Crippen molar-refractivity contribution in [2.45, 2.75) is 19.4 Å². The Labute approximate surface area is 93.3 Å². The fourth-order valence-electron chi connectivity index (χ4n) is 1.88. The van der Waals surface area contributed by atoms with Gasteiger partial charge in [-0.15, -0.1) is 0 Å². The number of carbonyl (C=O) groups is 1. The van der Waals surface area contributed by atoms with Crippen LogP contribution in [0.15, 0.2) is 17.1 Å². The molecule has 1 saturated heterocycles. The highest BCUT2D eigenvalue weighted by Crippen LogP contribution is 2.10. The van der Waals surface area contributed by atoms with Crippen LogP contribution in [0.5, 0.6) is 0 Å². The average molecular weight is 221 g/mol. The number of amides is 1. The first-order chi connectivity index (χ1) is 7.58. The van der Waals surface area contributed by atoms with E-state index in [0.29, 0.717) is 13.1 Å². The zero-order chi connectivity index (χ0) is 11.7. The second-order valence-corrected chi connectivity index (χ2v) is 4.19. The molecule has 0 aromatic carbocycles. The van der Waals surface area contributed by atoms with Gasteiger partial charge in [-0.1, -0.05) is 0 Å². The lowest BCUT2D eigenvalue weighted by molar-refractivity contribution is 0.0789. The van der Waals surface area contributed by atoms with E-state index in [0.717, 1.165) is 12.1 Å². The highest BCUT2D eigenvalue weighted by Gasteiger charge is 2.25. The fourth-order valence-corrected chi connectivity index (χ4v) is 1.88. The molecular formula is C11H15N3O2. The molecule has 1 aromatic heterocycles. The van der Waals surface area contributed by atoms with E-state index in [2.05, 4.69) is 4.98 Å². The summed E-state index contributed by atoms with van der Waals surface area (Å²) in [5.41, 5.74) is 6.43. The van der Waals surface area contributed by atoms with Gasteiger partial charge < -0.3 is 15.6 Å². The summed E-state index contributed by atoms with van der Waals surface area (Å²) in [6, 6.07) is 1.47. The van der Waals surface area contributed by atoms with Gasteiger partial charge in [0.25, 0.3) is 5.91 Å². The number of aromatic amines is 1. The third-order valence-corrected chi connectivity index (χ3v) is 2.80. The van der Waals surface area contributed by atoms with Gasteiger partial charge in [-0.3, -0.25) is 9.59 Å². The maximum Gasteiger partial charge on any atom is 0.259 e. The molecule has 0 aliphatic carbocycles. The Kier molecular flexibility index (Phi) is 2.78. The number of likely N-dealkylation sites (tertiary alicyclic amines) is 1. The summed E-state index contributed by atoms with van der Waals surface area (Å²) in [4.78, 5) is 28.1. The van der Waals surface area contributed by atoms with Crippen LogP contribution in [0.25, 0.3) is 0 Å². The predicted molar refractivity (Wildman–Crippen MR) is 60.3 cm³/mol. The van der Waals surface area contributed by atoms with Gasteiger partial charge in [0, 0.05) is 37.1 Å². The maximum atomic E-state index is 12.0. The van der Waals surface area contributed by atoms with Gasteiger partial charge in [0.05, 0.1) is 0 Å². The van der Waals surface area contributed by atoms with Gasteiger partial charge in [-0.2, -0.15) is 0 Å². The molecule has 0 bridgehead atoms. The summed E-state index contributed by atoms with van der Waals surface area (Å²) in [5.74, 6) is -0.228. The van der Waals surface area contributed by atoms with Crippen LogP contribution in [0.3, 0.4) is 0 Å². The predicted octanol–water partition coefficient (Wildman–Crippen LogP) is -0.143. The first kappa shape index (κ1) is 10.9. The summed E-state index contributed by atoms with van der Waals surface area (Å²) in [6.07, 6.45) is 2.28. The smallest absolute Gasteiger partial charge is 0.259 e. The van der Waals surface area contributed by atoms with Crippen LogP contribution in [0.1, 0.15) is 22.5 Å². The average Bonchev–Trinajstić information content (AvgIpc) is 2.64. The Hall–Kier alpha value is -1.62. The molecule has 2 rings (SSSR count).